The number of nitrogens with zero attached hydrogens (tertiary/aromatic N) is 4. The molecule has 1 saturated heterocycles. The molecule has 39 heavy (non-hydrogen) atoms. The number of benzene rings is 2. The molecule has 0 bridgehead atoms. The first kappa shape index (κ1) is 27.6. The highest BCUT2D eigenvalue weighted by molar-refractivity contribution is 6.46. The van der Waals surface area contributed by atoms with Crippen LogP contribution in [-0.2, 0) is 16.5 Å². The number of aliphatic imine (C=N–C) groups is 1. The Morgan fingerprint density at radius 3 is 2.28 bits per heavy atom. The Bertz CT molecular complexity index is 1440. The highest BCUT2D eigenvalue weighted by Gasteiger charge is 2.40. The van der Waals surface area contributed by atoms with Crippen molar-refractivity contribution in [3.8, 4) is 11.8 Å². The number of carbonyl (C=O) groups is 1. The first-order valence-electron chi connectivity index (χ1n) is 11.5. The molecule has 0 radical (unpaired) electrons. The van der Waals surface area contributed by atoms with E-state index < -0.39 is 41.5 Å². The number of aromatic nitrogens is 1. The van der Waals surface area contributed by atoms with Crippen LogP contribution < -0.4 is 9.64 Å². The molecule has 0 aliphatic carbocycles. The normalized spacial score (nSPS) is 17.4. The van der Waals surface area contributed by atoms with E-state index >= 15 is 0 Å². The van der Waals surface area contributed by atoms with Crippen molar-refractivity contribution in [3.05, 3.63) is 89.2 Å². The lowest BCUT2D eigenvalue weighted by molar-refractivity contribution is -0.274. The van der Waals surface area contributed by atoms with Crippen LogP contribution in [-0.4, -0.2) is 23.0 Å². The van der Waals surface area contributed by atoms with Gasteiger partial charge < -0.3 is 4.74 Å². The van der Waals surface area contributed by atoms with Crippen molar-refractivity contribution in [1.82, 2.24) is 4.98 Å². The fourth-order valence-electron chi connectivity index (χ4n) is 4.25. The second-order valence-electron chi connectivity index (χ2n) is 9.22. The number of pyridine rings is 1. The summed E-state index contributed by atoms with van der Waals surface area (Å²) in [6.07, 6.45) is -8.37. The van der Waals surface area contributed by atoms with Gasteiger partial charge >= 0.3 is 12.5 Å². The van der Waals surface area contributed by atoms with Gasteiger partial charge in [0.1, 0.15) is 17.2 Å². The second-order valence-corrected chi connectivity index (χ2v) is 9.22. The van der Waals surface area contributed by atoms with Gasteiger partial charge in [0, 0.05) is 18.3 Å². The molecule has 4 rings (SSSR count). The van der Waals surface area contributed by atoms with Crippen LogP contribution in [0, 0.1) is 11.3 Å². The lowest BCUT2D eigenvalue weighted by Gasteiger charge is -2.25. The Balaban J connectivity index is 1.72. The van der Waals surface area contributed by atoms with E-state index in [1.54, 1.807) is 38.1 Å². The van der Waals surface area contributed by atoms with Crippen LogP contribution in [0.15, 0.2) is 71.9 Å². The highest BCUT2D eigenvalue weighted by Crippen LogP contribution is 2.39. The molecule has 0 spiro atoms. The predicted molar refractivity (Wildman–Crippen MR) is 129 cm³/mol. The topological polar surface area (TPSA) is 78.6 Å². The van der Waals surface area contributed by atoms with Crippen molar-refractivity contribution >= 4 is 17.3 Å². The third-order valence-electron chi connectivity index (χ3n) is 6.09. The Morgan fingerprint density at radius 1 is 1.03 bits per heavy atom. The maximum atomic E-state index is 13.6. The average molecular weight is 546 g/mol. The molecule has 1 fully saturated rings. The van der Waals surface area contributed by atoms with Crippen LogP contribution in [0.1, 0.15) is 48.7 Å². The molecule has 0 N–H and O–H groups in total. The number of hydrogen-bond acceptors (Lipinski definition) is 5. The van der Waals surface area contributed by atoms with E-state index in [1.807, 2.05) is 6.07 Å². The van der Waals surface area contributed by atoms with E-state index in [0.717, 1.165) is 24.4 Å². The smallest absolute Gasteiger partial charge is 0.406 e. The molecule has 1 atom stereocenters. The van der Waals surface area contributed by atoms with Gasteiger partial charge in [-0.15, -0.1) is 13.2 Å². The molecular formula is C27H20F6N4O2. The highest BCUT2D eigenvalue weighted by atomic mass is 19.4. The molecule has 3 aromatic rings. The molecule has 1 aliphatic heterocycles. The molecule has 1 aromatic heterocycles. The van der Waals surface area contributed by atoms with E-state index in [-0.39, 0.29) is 17.8 Å². The van der Waals surface area contributed by atoms with E-state index in [1.165, 1.54) is 23.1 Å². The molecule has 12 heteroatoms. The number of halogens is 6. The number of alkyl halides is 6. The lowest BCUT2D eigenvalue weighted by atomic mass is 9.95. The number of nitriles is 1. The van der Waals surface area contributed by atoms with E-state index in [9.17, 15) is 36.4 Å². The largest absolute Gasteiger partial charge is 0.573 e. The number of amides is 1. The SMILES string of the molecule is CC(C)(N=C1CC(c2cccc(C#N)c2)N(c2ccc(OC(F)(F)F)cc2)C1=O)c1ccc(C(F)(F)F)nc1. The summed E-state index contributed by atoms with van der Waals surface area (Å²) >= 11 is 0. The van der Waals surface area contributed by atoms with Gasteiger partial charge in [0.2, 0.25) is 0 Å². The van der Waals surface area contributed by atoms with Gasteiger partial charge in [0.15, 0.2) is 0 Å². The fourth-order valence-corrected chi connectivity index (χ4v) is 4.25. The van der Waals surface area contributed by atoms with Crippen molar-refractivity contribution in [2.45, 2.75) is 44.4 Å². The standard InChI is InChI=1S/C27H20F6N4O2/c1-25(2,18-6-11-23(35-15-18)26(28,29)30)36-21-13-22(17-5-3-4-16(12-17)14-34)37(24(21)38)19-7-9-20(10-8-19)39-27(31,32)33/h3-12,15,22H,13H2,1-2H3. The number of carbonyl (C=O) groups excluding carboxylic acids is 1. The van der Waals surface area contributed by atoms with Crippen molar-refractivity contribution in [2.24, 2.45) is 4.99 Å². The van der Waals surface area contributed by atoms with Crippen molar-refractivity contribution in [1.29, 1.82) is 5.26 Å². The van der Waals surface area contributed by atoms with E-state index in [2.05, 4.69) is 14.7 Å². The van der Waals surface area contributed by atoms with Crippen LogP contribution in [0.2, 0.25) is 0 Å². The van der Waals surface area contributed by atoms with Gasteiger partial charge in [-0.05, 0) is 67.4 Å². The van der Waals surface area contributed by atoms with Crippen molar-refractivity contribution < 1.29 is 35.9 Å². The number of hydrogen-bond donors (Lipinski definition) is 0. The summed E-state index contributed by atoms with van der Waals surface area (Å²) < 4.78 is 80.5. The molecule has 6 nitrogen and oxygen atoms in total. The molecule has 2 heterocycles. The van der Waals surface area contributed by atoms with E-state index in [4.69, 9.17) is 0 Å². The first-order chi connectivity index (χ1) is 18.2. The minimum atomic E-state index is -4.89. The van der Waals surface area contributed by atoms with Crippen molar-refractivity contribution in [2.75, 3.05) is 4.90 Å². The van der Waals surface area contributed by atoms with Gasteiger partial charge in [-0.3, -0.25) is 19.7 Å². The molecular weight excluding hydrogens is 526 g/mol. The average Bonchev–Trinajstić information content (AvgIpc) is 3.18. The number of ether oxygens (including phenoxy) is 1. The summed E-state index contributed by atoms with van der Waals surface area (Å²) in [5.74, 6) is -1.01. The van der Waals surface area contributed by atoms with Gasteiger partial charge in [0.05, 0.1) is 23.2 Å². The number of anilines is 1. The van der Waals surface area contributed by atoms with Crippen molar-refractivity contribution in [3.63, 3.8) is 0 Å². The zero-order chi connectivity index (χ0) is 28.6. The summed E-state index contributed by atoms with van der Waals surface area (Å²) in [5, 5.41) is 9.33. The van der Waals surface area contributed by atoms with Crippen LogP contribution in [0.25, 0.3) is 0 Å². The monoisotopic (exact) mass is 546 g/mol. The van der Waals surface area contributed by atoms with Crippen LogP contribution in [0.4, 0.5) is 32.0 Å². The molecule has 202 valence electrons. The third-order valence-corrected chi connectivity index (χ3v) is 6.09. The minimum absolute atomic E-state index is 0.0754. The Morgan fingerprint density at radius 2 is 1.72 bits per heavy atom. The zero-order valence-electron chi connectivity index (χ0n) is 20.5. The first-order valence-corrected chi connectivity index (χ1v) is 11.5. The van der Waals surface area contributed by atoms with E-state index in [0.29, 0.717) is 16.7 Å². The van der Waals surface area contributed by atoms with Gasteiger partial charge in [-0.25, -0.2) is 0 Å². The van der Waals surface area contributed by atoms with Gasteiger partial charge in [-0.1, -0.05) is 18.2 Å². The zero-order valence-corrected chi connectivity index (χ0v) is 20.5. The third kappa shape index (κ3) is 6.19. The quantitative estimate of drug-likeness (QED) is 0.333. The molecule has 2 aromatic carbocycles. The Labute approximate surface area is 219 Å². The molecule has 1 unspecified atom stereocenters. The number of rotatable bonds is 5. The second kappa shape index (κ2) is 10.1. The fraction of sp³-hybridized carbons (Fsp3) is 0.259. The lowest BCUT2D eigenvalue weighted by Crippen LogP contribution is -2.30. The molecule has 1 amide bonds. The summed E-state index contributed by atoms with van der Waals surface area (Å²) in [4.78, 5) is 23.0. The maximum absolute atomic E-state index is 13.6. The van der Waals surface area contributed by atoms with Gasteiger partial charge in [-0.2, -0.15) is 18.4 Å². The predicted octanol–water partition coefficient (Wildman–Crippen LogP) is 6.72. The van der Waals surface area contributed by atoms with Crippen LogP contribution in [0.3, 0.4) is 0 Å². The molecule has 1 aliphatic rings. The summed E-state index contributed by atoms with van der Waals surface area (Å²) in [6, 6.07) is 14.7. The summed E-state index contributed by atoms with van der Waals surface area (Å²) in [7, 11) is 0. The minimum Gasteiger partial charge on any atom is -0.406 e. The maximum Gasteiger partial charge on any atom is 0.573 e. The molecule has 0 saturated carbocycles. The summed E-state index contributed by atoms with van der Waals surface area (Å²) in [5.41, 5.74) is -0.558. The summed E-state index contributed by atoms with van der Waals surface area (Å²) in [6.45, 7) is 3.24. The Kier molecular flexibility index (Phi) is 7.12. The Hall–Kier alpha value is -4.40. The van der Waals surface area contributed by atoms with Gasteiger partial charge in [0.25, 0.3) is 5.91 Å². The van der Waals surface area contributed by atoms with Crippen LogP contribution >= 0.6 is 0 Å². The van der Waals surface area contributed by atoms with Crippen LogP contribution in [0.5, 0.6) is 5.75 Å².